The van der Waals surface area contributed by atoms with Crippen LogP contribution in [0.2, 0.25) is 5.02 Å². The van der Waals surface area contributed by atoms with Gasteiger partial charge in [0.1, 0.15) is 11.6 Å². The molecule has 108 valence electrons. The summed E-state index contributed by atoms with van der Waals surface area (Å²) < 4.78 is 15.4. The maximum atomic E-state index is 13.5. The molecule has 0 aliphatic heterocycles. The summed E-state index contributed by atoms with van der Waals surface area (Å²) in [6.07, 6.45) is 3.39. The highest BCUT2D eigenvalue weighted by molar-refractivity contribution is 6.31. The van der Waals surface area contributed by atoms with Crippen LogP contribution >= 0.6 is 23.2 Å². The highest BCUT2D eigenvalue weighted by Crippen LogP contribution is 2.25. The maximum absolute atomic E-state index is 13.5. The summed E-state index contributed by atoms with van der Waals surface area (Å²) in [6, 6.07) is 2.86. The van der Waals surface area contributed by atoms with Crippen molar-refractivity contribution in [3.63, 3.8) is 0 Å². The van der Waals surface area contributed by atoms with Gasteiger partial charge in [0.25, 0.3) is 0 Å². The van der Waals surface area contributed by atoms with E-state index >= 15 is 0 Å². The lowest BCUT2D eigenvalue weighted by molar-refractivity contribution is 0.629. The smallest absolute Gasteiger partial charge is 0.144 e. The van der Waals surface area contributed by atoms with Gasteiger partial charge in [0.05, 0.1) is 46.1 Å². The third-order valence-corrected chi connectivity index (χ3v) is 3.67. The maximum Gasteiger partial charge on any atom is 0.144 e. The van der Waals surface area contributed by atoms with Crippen LogP contribution in [0.5, 0.6) is 0 Å². The van der Waals surface area contributed by atoms with Crippen molar-refractivity contribution < 1.29 is 4.39 Å². The number of aromatic nitrogens is 4. The fraction of sp³-hybridized carbons (Fsp3) is 0.214. The number of fused-ring (bicyclic) bond motifs is 1. The molecule has 1 aromatic carbocycles. The summed E-state index contributed by atoms with van der Waals surface area (Å²) in [4.78, 5) is 12.9. The zero-order valence-corrected chi connectivity index (χ0v) is 12.7. The Balaban J connectivity index is 2.11. The first-order valence-corrected chi connectivity index (χ1v) is 7.17. The van der Waals surface area contributed by atoms with E-state index in [0.717, 1.165) is 16.9 Å². The van der Waals surface area contributed by atoms with Gasteiger partial charge in [-0.2, -0.15) is 0 Å². The fourth-order valence-corrected chi connectivity index (χ4v) is 2.47. The van der Waals surface area contributed by atoms with E-state index in [1.807, 2.05) is 11.5 Å². The summed E-state index contributed by atoms with van der Waals surface area (Å²) in [5.74, 6) is 0.355. The fourth-order valence-electron chi connectivity index (χ4n) is 2.11. The molecule has 3 aromatic rings. The molecule has 0 N–H and O–H groups in total. The topological polar surface area (TPSA) is 43.6 Å². The summed E-state index contributed by atoms with van der Waals surface area (Å²) in [5.41, 5.74) is 2.86. The third kappa shape index (κ3) is 2.71. The summed E-state index contributed by atoms with van der Waals surface area (Å²) >= 11 is 11.8. The van der Waals surface area contributed by atoms with Gasteiger partial charge in [-0.3, -0.25) is 9.97 Å². The standard InChI is InChI=1S/C14H11Cl2FN4/c1-8-5-19-9(6-18-8)7-21-13-2-10(16)11(17)3-12(13)20-14(21)4-15/h2-3,5-6H,4,7H2,1H3. The number of aryl methyl sites for hydroxylation is 1. The predicted molar refractivity (Wildman–Crippen MR) is 80.1 cm³/mol. The molecule has 0 saturated carbocycles. The normalized spacial score (nSPS) is 11.2. The van der Waals surface area contributed by atoms with Gasteiger partial charge in [0.15, 0.2) is 0 Å². The van der Waals surface area contributed by atoms with E-state index in [0.29, 0.717) is 17.9 Å². The quantitative estimate of drug-likeness (QED) is 0.690. The highest BCUT2D eigenvalue weighted by Gasteiger charge is 2.14. The van der Waals surface area contributed by atoms with E-state index in [2.05, 4.69) is 15.0 Å². The van der Waals surface area contributed by atoms with Crippen LogP contribution in [0.25, 0.3) is 11.0 Å². The molecule has 0 bridgehead atoms. The van der Waals surface area contributed by atoms with Crippen LogP contribution in [-0.4, -0.2) is 19.5 Å². The van der Waals surface area contributed by atoms with Crippen LogP contribution < -0.4 is 0 Å². The van der Waals surface area contributed by atoms with Gasteiger partial charge in [-0.25, -0.2) is 9.37 Å². The Morgan fingerprint density at radius 1 is 1.24 bits per heavy atom. The lowest BCUT2D eigenvalue weighted by atomic mass is 10.3. The Hall–Kier alpha value is -1.72. The molecular weight excluding hydrogens is 314 g/mol. The molecule has 0 unspecified atom stereocenters. The van der Waals surface area contributed by atoms with Crippen molar-refractivity contribution >= 4 is 34.2 Å². The Kier molecular flexibility index (Phi) is 3.78. The van der Waals surface area contributed by atoms with E-state index in [1.165, 1.54) is 6.07 Å². The van der Waals surface area contributed by atoms with Gasteiger partial charge >= 0.3 is 0 Å². The minimum Gasteiger partial charge on any atom is -0.321 e. The second-order valence-corrected chi connectivity index (χ2v) is 5.33. The first kappa shape index (κ1) is 14.2. The van der Waals surface area contributed by atoms with Gasteiger partial charge < -0.3 is 4.57 Å². The number of hydrogen-bond acceptors (Lipinski definition) is 3. The molecule has 0 spiro atoms. The number of imidazole rings is 1. The molecule has 2 aromatic heterocycles. The Morgan fingerprint density at radius 2 is 2.05 bits per heavy atom. The SMILES string of the molecule is Cc1cnc(Cn2c(CCl)nc3cc(F)c(Cl)cc32)cn1. The first-order valence-electron chi connectivity index (χ1n) is 6.26. The lowest BCUT2D eigenvalue weighted by Gasteiger charge is -2.07. The van der Waals surface area contributed by atoms with Crippen molar-refractivity contribution in [1.82, 2.24) is 19.5 Å². The average Bonchev–Trinajstić information content (AvgIpc) is 2.79. The molecule has 0 aliphatic carbocycles. The van der Waals surface area contributed by atoms with E-state index in [-0.39, 0.29) is 10.9 Å². The molecule has 0 radical (unpaired) electrons. The van der Waals surface area contributed by atoms with E-state index < -0.39 is 5.82 Å². The molecule has 4 nitrogen and oxygen atoms in total. The van der Waals surface area contributed by atoms with Crippen molar-refractivity contribution in [2.45, 2.75) is 19.3 Å². The van der Waals surface area contributed by atoms with E-state index in [9.17, 15) is 4.39 Å². The average molecular weight is 325 g/mol. The van der Waals surface area contributed by atoms with Gasteiger partial charge in [0, 0.05) is 12.3 Å². The van der Waals surface area contributed by atoms with Crippen LogP contribution in [0.1, 0.15) is 17.2 Å². The molecule has 3 rings (SSSR count). The first-order chi connectivity index (χ1) is 10.1. The van der Waals surface area contributed by atoms with Crippen molar-refractivity contribution in [1.29, 1.82) is 0 Å². The van der Waals surface area contributed by atoms with E-state index in [4.69, 9.17) is 23.2 Å². The molecule has 2 heterocycles. The van der Waals surface area contributed by atoms with Crippen LogP contribution in [0.3, 0.4) is 0 Å². The Morgan fingerprint density at radius 3 is 2.71 bits per heavy atom. The molecule has 0 aliphatic rings. The zero-order valence-electron chi connectivity index (χ0n) is 11.1. The van der Waals surface area contributed by atoms with Gasteiger partial charge in [0.2, 0.25) is 0 Å². The van der Waals surface area contributed by atoms with Crippen LogP contribution in [0.4, 0.5) is 4.39 Å². The molecule has 21 heavy (non-hydrogen) atoms. The van der Waals surface area contributed by atoms with Crippen LogP contribution in [0.15, 0.2) is 24.5 Å². The highest BCUT2D eigenvalue weighted by atomic mass is 35.5. The molecule has 0 fully saturated rings. The Labute approximate surface area is 130 Å². The van der Waals surface area contributed by atoms with Gasteiger partial charge in [-0.15, -0.1) is 11.6 Å². The number of hydrogen-bond donors (Lipinski definition) is 0. The number of benzene rings is 1. The number of halogens is 3. The van der Waals surface area contributed by atoms with Crippen molar-refractivity contribution in [2.24, 2.45) is 0 Å². The lowest BCUT2D eigenvalue weighted by Crippen LogP contribution is -2.06. The molecule has 0 atom stereocenters. The molecular formula is C14H11Cl2FN4. The van der Waals surface area contributed by atoms with Crippen LogP contribution in [-0.2, 0) is 12.4 Å². The molecule has 0 amide bonds. The van der Waals surface area contributed by atoms with Crippen molar-refractivity contribution in [3.8, 4) is 0 Å². The third-order valence-electron chi connectivity index (χ3n) is 3.14. The summed E-state index contributed by atoms with van der Waals surface area (Å²) in [7, 11) is 0. The van der Waals surface area contributed by atoms with Crippen molar-refractivity contribution in [3.05, 3.63) is 52.6 Å². The minimum absolute atomic E-state index is 0.0553. The van der Waals surface area contributed by atoms with Gasteiger partial charge in [-0.05, 0) is 13.0 Å². The minimum atomic E-state index is -0.495. The van der Waals surface area contributed by atoms with Gasteiger partial charge in [-0.1, -0.05) is 11.6 Å². The monoisotopic (exact) mass is 324 g/mol. The summed E-state index contributed by atoms with van der Waals surface area (Å²) in [6.45, 7) is 2.32. The largest absolute Gasteiger partial charge is 0.321 e. The second-order valence-electron chi connectivity index (χ2n) is 4.65. The van der Waals surface area contributed by atoms with Crippen LogP contribution in [0, 0.1) is 12.7 Å². The van der Waals surface area contributed by atoms with Crippen molar-refractivity contribution in [2.75, 3.05) is 0 Å². The molecule has 0 saturated heterocycles. The zero-order chi connectivity index (χ0) is 15.0. The van der Waals surface area contributed by atoms with E-state index in [1.54, 1.807) is 18.5 Å². The second kappa shape index (κ2) is 5.58. The number of alkyl halides is 1. The number of nitrogens with zero attached hydrogens (tertiary/aromatic N) is 4. The number of rotatable bonds is 3. The summed E-state index contributed by atoms with van der Waals surface area (Å²) in [5, 5.41) is 0.0553. The Bertz CT molecular complexity index is 799. The molecule has 7 heteroatoms. The predicted octanol–water partition coefficient (Wildman–Crippen LogP) is 3.71.